The summed E-state index contributed by atoms with van der Waals surface area (Å²) < 4.78 is 1.35. The molecule has 0 unspecified atom stereocenters. The zero-order chi connectivity index (χ0) is 8.10. The molecule has 1 heteroatoms. The molecule has 0 aliphatic rings. The summed E-state index contributed by atoms with van der Waals surface area (Å²) in [5.74, 6) is 0. The van der Waals surface area contributed by atoms with Gasteiger partial charge in [0.05, 0.1) is 0 Å². The summed E-state index contributed by atoms with van der Waals surface area (Å²) in [7, 11) is 0. The second-order valence-electron chi connectivity index (χ2n) is 2.48. The second kappa shape index (κ2) is 4.54. The lowest BCUT2D eigenvalue weighted by Crippen LogP contribution is -1.78. The molecule has 0 aliphatic heterocycles. The average Bonchev–Trinajstić information content (AvgIpc) is 2.03. The molecule has 0 bridgehead atoms. The molecule has 0 radical (unpaired) electrons. The van der Waals surface area contributed by atoms with Crippen LogP contribution in [-0.2, 0) is 6.42 Å². The Bertz CT molecular complexity index is 232. The van der Waals surface area contributed by atoms with Crippen LogP contribution in [0, 0.1) is 0 Å². The summed E-state index contributed by atoms with van der Waals surface area (Å²) in [5.41, 5.74) is 1.38. The zero-order valence-corrected chi connectivity index (χ0v) is 8.71. The van der Waals surface area contributed by atoms with Crippen molar-refractivity contribution in [3.8, 4) is 0 Å². The molecule has 1 aromatic rings. The topological polar surface area (TPSA) is 0 Å². The summed E-state index contributed by atoms with van der Waals surface area (Å²) in [6.07, 6.45) is 3.28. The van der Waals surface area contributed by atoms with E-state index in [1.54, 1.807) is 0 Å². The Morgan fingerprint density at radius 3 is 2.55 bits per heavy atom. The summed E-state index contributed by atoms with van der Waals surface area (Å²) >= 11 is 2.33. The van der Waals surface area contributed by atoms with Gasteiger partial charge in [-0.3, -0.25) is 0 Å². The van der Waals surface area contributed by atoms with E-state index in [1.165, 1.54) is 9.14 Å². The zero-order valence-electron chi connectivity index (χ0n) is 6.55. The van der Waals surface area contributed by atoms with Gasteiger partial charge in [0.15, 0.2) is 0 Å². The van der Waals surface area contributed by atoms with E-state index >= 15 is 0 Å². The first-order chi connectivity index (χ1) is 5.29. The largest absolute Gasteiger partial charge is 0.0711 e. The Morgan fingerprint density at radius 2 is 2.00 bits per heavy atom. The Balaban J connectivity index is 2.59. The average molecular weight is 258 g/mol. The molecule has 0 saturated heterocycles. The number of rotatable bonds is 2. The van der Waals surface area contributed by atoms with Crippen molar-refractivity contribution in [2.45, 2.75) is 13.3 Å². The third kappa shape index (κ3) is 3.56. The molecule has 0 atom stereocenters. The first-order valence-corrected chi connectivity index (χ1v) is 4.73. The number of hydrogen-bond donors (Lipinski definition) is 0. The molecule has 0 heterocycles. The van der Waals surface area contributed by atoms with Gasteiger partial charge < -0.3 is 0 Å². The fraction of sp³-hybridized carbons (Fsp3) is 0.200. The molecule has 0 nitrogen and oxygen atoms in total. The van der Waals surface area contributed by atoms with Crippen LogP contribution in [0.25, 0.3) is 0 Å². The fourth-order valence-corrected chi connectivity index (χ4v) is 1.09. The monoisotopic (exact) mass is 258 g/mol. The molecule has 1 rings (SSSR count). The van der Waals surface area contributed by atoms with Crippen molar-refractivity contribution < 1.29 is 0 Å². The van der Waals surface area contributed by atoms with Crippen LogP contribution in [0.4, 0.5) is 0 Å². The lowest BCUT2D eigenvalue weighted by Gasteiger charge is -1.94. The van der Waals surface area contributed by atoms with Gasteiger partial charge in [-0.1, -0.05) is 36.4 Å². The maximum Gasteiger partial charge on any atom is -0.00873 e. The predicted octanol–water partition coefficient (Wildman–Crippen LogP) is 3.57. The molecular weight excluding hydrogens is 247 g/mol. The van der Waals surface area contributed by atoms with Crippen LogP contribution in [0.15, 0.2) is 40.0 Å². The van der Waals surface area contributed by atoms with Crippen LogP contribution in [-0.4, -0.2) is 0 Å². The van der Waals surface area contributed by atoms with Crippen LogP contribution >= 0.6 is 22.6 Å². The van der Waals surface area contributed by atoms with Crippen molar-refractivity contribution in [2.75, 3.05) is 0 Å². The maximum absolute atomic E-state index is 2.33. The van der Waals surface area contributed by atoms with Gasteiger partial charge in [-0.2, -0.15) is 0 Å². The molecule has 11 heavy (non-hydrogen) atoms. The van der Waals surface area contributed by atoms with E-state index in [0.29, 0.717) is 0 Å². The maximum atomic E-state index is 2.33. The molecule has 0 N–H and O–H groups in total. The van der Waals surface area contributed by atoms with E-state index in [2.05, 4.69) is 59.9 Å². The normalized spacial score (nSPS) is 11.6. The molecule has 58 valence electrons. The van der Waals surface area contributed by atoms with Gasteiger partial charge in [0.25, 0.3) is 0 Å². The summed E-state index contributed by atoms with van der Waals surface area (Å²) in [6, 6.07) is 10.5. The highest BCUT2D eigenvalue weighted by molar-refractivity contribution is 14.1. The molecule has 0 spiro atoms. The summed E-state index contributed by atoms with van der Waals surface area (Å²) in [4.78, 5) is 0. The molecule has 0 saturated carbocycles. The standard InChI is InChI=1S/C10H11I/c1-9(11)7-8-10-5-3-2-4-6-10/h2-7H,8H2,1H3/b9-7-. The first kappa shape index (κ1) is 8.78. The molecule has 0 aliphatic carbocycles. The van der Waals surface area contributed by atoms with Crippen molar-refractivity contribution in [1.82, 2.24) is 0 Å². The van der Waals surface area contributed by atoms with Crippen molar-refractivity contribution in [3.05, 3.63) is 45.6 Å². The fourth-order valence-electron chi connectivity index (χ4n) is 0.873. The minimum Gasteiger partial charge on any atom is -0.0711 e. The van der Waals surface area contributed by atoms with E-state index in [1.807, 2.05) is 6.07 Å². The second-order valence-corrected chi connectivity index (χ2v) is 4.18. The molecule has 0 fully saturated rings. The minimum atomic E-state index is 1.05. The molecule has 0 amide bonds. The van der Waals surface area contributed by atoms with Crippen LogP contribution < -0.4 is 0 Å². The summed E-state index contributed by atoms with van der Waals surface area (Å²) in [6.45, 7) is 2.11. The van der Waals surface area contributed by atoms with Gasteiger partial charge in [0, 0.05) is 0 Å². The highest BCUT2D eigenvalue weighted by Crippen LogP contribution is 2.07. The van der Waals surface area contributed by atoms with Gasteiger partial charge in [0.2, 0.25) is 0 Å². The lowest BCUT2D eigenvalue weighted by molar-refractivity contribution is 1.26. The van der Waals surface area contributed by atoms with E-state index in [9.17, 15) is 0 Å². The van der Waals surface area contributed by atoms with E-state index in [-0.39, 0.29) is 0 Å². The van der Waals surface area contributed by atoms with Crippen LogP contribution in [0.5, 0.6) is 0 Å². The van der Waals surface area contributed by atoms with Crippen molar-refractivity contribution in [1.29, 1.82) is 0 Å². The molecular formula is C10H11I. The quantitative estimate of drug-likeness (QED) is 0.711. The number of halogens is 1. The third-order valence-electron chi connectivity index (χ3n) is 1.46. The number of allylic oxidation sites excluding steroid dienone is 2. The Labute approximate surface area is 81.5 Å². The van der Waals surface area contributed by atoms with E-state index in [4.69, 9.17) is 0 Å². The van der Waals surface area contributed by atoms with Crippen LogP contribution in [0.3, 0.4) is 0 Å². The highest BCUT2D eigenvalue weighted by Gasteiger charge is 1.86. The Kier molecular flexibility index (Phi) is 3.63. The smallest absolute Gasteiger partial charge is 0.00873 e. The third-order valence-corrected chi connectivity index (χ3v) is 1.90. The Morgan fingerprint density at radius 1 is 1.36 bits per heavy atom. The van der Waals surface area contributed by atoms with Crippen molar-refractivity contribution in [3.63, 3.8) is 0 Å². The predicted molar refractivity (Wildman–Crippen MR) is 57.9 cm³/mol. The first-order valence-electron chi connectivity index (χ1n) is 3.65. The SMILES string of the molecule is C/C(I)=C/Cc1ccccc1. The van der Waals surface area contributed by atoms with E-state index < -0.39 is 0 Å². The van der Waals surface area contributed by atoms with Gasteiger partial charge in [0.1, 0.15) is 0 Å². The number of hydrogen-bond acceptors (Lipinski definition) is 0. The van der Waals surface area contributed by atoms with Crippen LogP contribution in [0.2, 0.25) is 0 Å². The minimum absolute atomic E-state index is 1.05. The van der Waals surface area contributed by atoms with Gasteiger partial charge in [-0.25, -0.2) is 0 Å². The van der Waals surface area contributed by atoms with Gasteiger partial charge in [-0.15, -0.1) is 0 Å². The molecule has 0 aromatic heterocycles. The van der Waals surface area contributed by atoms with Crippen LogP contribution in [0.1, 0.15) is 12.5 Å². The number of benzene rings is 1. The van der Waals surface area contributed by atoms with Gasteiger partial charge in [-0.05, 0) is 45.1 Å². The Hall–Kier alpha value is -0.310. The van der Waals surface area contributed by atoms with Gasteiger partial charge >= 0.3 is 0 Å². The highest BCUT2D eigenvalue weighted by atomic mass is 127. The molecule has 1 aromatic carbocycles. The van der Waals surface area contributed by atoms with Crippen molar-refractivity contribution in [2.24, 2.45) is 0 Å². The lowest BCUT2D eigenvalue weighted by atomic mass is 10.1. The van der Waals surface area contributed by atoms with E-state index in [0.717, 1.165) is 6.42 Å². The summed E-state index contributed by atoms with van der Waals surface area (Å²) in [5, 5.41) is 0. The van der Waals surface area contributed by atoms with Crippen molar-refractivity contribution >= 4 is 22.6 Å².